The Labute approximate surface area is 162 Å². The minimum absolute atomic E-state index is 0.238. The van der Waals surface area contributed by atoms with Crippen LogP contribution in [-0.2, 0) is 17.8 Å². The van der Waals surface area contributed by atoms with Crippen molar-refractivity contribution in [1.29, 1.82) is 0 Å². The van der Waals surface area contributed by atoms with Gasteiger partial charge >= 0.3 is 0 Å². The van der Waals surface area contributed by atoms with E-state index in [1.54, 1.807) is 6.92 Å². The second kappa shape index (κ2) is 6.43. The van der Waals surface area contributed by atoms with E-state index in [1.807, 2.05) is 11.3 Å². The standard InChI is InChI=1S/C24H20NOS/c1-16(26)13-14-25-21(15-17-7-3-2-4-8-17)27-24-20-12-6-10-18-9-5-11-19(22(18)20)23(24)25/h2-12H,13-15H2,1H3/q+1. The summed E-state index contributed by atoms with van der Waals surface area (Å²) in [4.78, 5) is 13.1. The van der Waals surface area contributed by atoms with Crippen molar-refractivity contribution in [2.24, 2.45) is 0 Å². The van der Waals surface area contributed by atoms with E-state index in [2.05, 4.69) is 71.3 Å². The maximum atomic E-state index is 11.7. The van der Waals surface area contributed by atoms with Crippen molar-refractivity contribution in [3.8, 4) is 21.7 Å². The molecule has 0 unspecified atom stereocenters. The number of Topliss-reactive ketones (excluding diaryl/α,β-unsaturated/α-hetero) is 1. The van der Waals surface area contributed by atoms with E-state index in [0.717, 1.165) is 13.0 Å². The van der Waals surface area contributed by atoms with Crippen LogP contribution < -0.4 is 4.57 Å². The zero-order valence-electron chi connectivity index (χ0n) is 15.2. The van der Waals surface area contributed by atoms with Gasteiger partial charge < -0.3 is 0 Å². The van der Waals surface area contributed by atoms with Crippen molar-refractivity contribution in [1.82, 2.24) is 0 Å². The van der Waals surface area contributed by atoms with Crippen LogP contribution in [0.1, 0.15) is 23.9 Å². The molecule has 3 heteroatoms. The number of rotatable bonds is 5. The number of hydrogen-bond donors (Lipinski definition) is 0. The van der Waals surface area contributed by atoms with Crippen LogP contribution in [-0.4, -0.2) is 5.78 Å². The first kappa shape index (κ1) is 16.4. The molecule has 3 aromatic carbocycles. The van der Waals surface area contributed by atoms with Crippen LogP contribution >= 0.6 is 11.3 Å². The van der Waals surface area contributed by atoms with Gasteiger partial charge in [0, 0.05) is 10.9 Å². The highest BCUT2D eigenvalue weighted by molar-refractivity contribution is 7.15. The first-order valence-electron chi connectivity index (χ1n) is 9.34. The molecule has 5 rings (SSSR count). The van der Waals surface area contributed by atoms with E-state index in [-0.39, 0.29) is 5.78 Å². The molecule has 1 heterocycles. The quantitative estimate of drug-likeness (QED) is 0.379. The highest BCUT2D eigenvalue weighted by Gasteiger charge is 2.35. The second-order valence-electron chi connectivity index (χ2n) is 7.15. The molecule has 0 bridgehead atoms. The third-order valence-electron chi connectivity index (χ3n) is 5.30. The Morgan fingerprint density at radius 2 is 1.67 bits per heavy atom. The number of carbonyl (C=O) groups excluding carboxylic acids is 1. The Morgan fingerprint density at radius 3 is 2.41 bits per heavy atom. The van der Waals surface area contributed by atoms with Crippen LogP contribution in [0.2, 0.25) is 0 Å². The molecule has 0 spiro atoms. The molecule has 0 fully saturated rings. The molecule has 132 valence electrons. The summed E-state index contributed by atoms with van der Waals surface area (Å²) in [5.74, 6) is 0.238. The summed E-state index contributed by atoms with van der Waals surface area (Å²) in [5, 5.41) is 3.96. The molecule has 2 nitrogen and oxygen atoms in total. The molecule has 1 aliphatic carbocycles. The van der Waals surface area contributed by atoms with Gasteiger partial charge in [0.15, 0.2) is 6.54 Å². The predicted octanol–water partition coefficient (Wildman–Crippen LogP) is 5.41. The fraction of sp³-hybridized carbons (Fsp3) is 0.167. The third-order valence-corrected chi connectivity index (χ3v) is 6.51. The Bertz CT molecular complexity index is 1170. The van der Waals surface area contributed by atoms with Crippen LogP contribution in [0.3, 0.4) is 0 Å². The number of benzene rings is 3. The lowest BCUT2D eigenvalue weighted by molar-refractivity contribution is -0.686. The number of ketones is 1. The fourth-order valence-corrected chi connectivity index (χ4v) is 5.42. The molecular formula is C24H20NOS+. The van der Waals surface area contributed by atoms with E-state index < -0.39 is 0 Å². The molecule has 0 atom stereocenters. The topological polar surface area (TPSA) is 20.9 Å². The van der Waals surface area contributed by atoms with Crippen molar-refractivity contribution < 1.29 is 9.36 Å². The summed E-state index contributed by atoms with van der Waals surface area (Å²) in [5.41, 5.74) is 5.23. The minimum atomic E-state index is 0.238. The Kier molecular flexibility index (Phi) is 3.91. The molecule has 0 amide bonds. The monoisotopic (exact) mass is 370 g/mol. The number of fused-ring (bicyclic) bond motifs is 3. The molecule has 0 aliphatic heterocycles. The van der Waals surface area contributed by atoms with Gasteiger partial charge in [-0.1, -0.05) is 72.0 Å². The molecule has 0 N–H and O–H groups in total. The molecule has 0 saturated heterocycles. The van der Waals surface area contributed by atoms with Crippen LogP contribution in [0.15, 0.2) is 66.7 Å². The van der Waals surface area contributed by atoms with E-state index in [9.17, 15) is 4.79 Å². The highest BCUT2D eigenvalue weighted by Crippen LogP contribution is 2.48. The predicted molar refractivity (Wildman–Crippen MR) is 111 cm³/mol. The van der Waals surface area contributed by atoms with Gasteiger partial charge in [-0.05, 0) is 23.9 Å². The average Bonchev–Trinajstić information content (AvgIpc) is 3.18. The first-order valence-corrected chi connectivity index (χ1v) is 10.2. The van der Waals surface area contributed by atoms with Gasteiger partial charge in [-0.3, -0.25) is 4.79 Å². The molecule has 1 aromatic heterocycles. The largest absolute Gasteiger partial charge is 0.300 e. The number of thiazole rings is 1. The molecular weight excluding hydrogens is 350 g/mol. The lowest BCUT2D eigenvalue weighted by Gasteiger charge is -2.04. The molecule has 0 radical (unpaired) electrons. The minimum Gasteiger partial charge on any atom is -0.300 e. The SMILES string of the molecule is CC(=O)CC[n+]1c(Cc2ccccc2)sc2c1-c1cccc3cccc-2c13. The van der Waals surface area contributed by atoms with Crippen LogP contribution in [0.25, 0.3) is 32.5 Å². The third kappa shape index (κ3) is 2.70. The number of nitrogens with zero attached hydrogens (tertiary/aromatic N) is 1. The second-order valence-corrected chi connectivity index (χ2v) is 8.23. The maximum Gasteiger partial charge on any atom is 0.242 e. The summed E-state index contributed by atoms with van der Waals surface area (Å²) in [6, 6.07) is 23.7. The molecule has 1 aliphatic rings. The highest BCUT2D eigenvalue weighted by atomic mass is 32.1. The van der Waals surface area contributed by atoms with Gasteiger partial charge in [0.25, 0.3) is 0 Å². The Morgan fingerprint density at radius 1 is 0.926 bits per heavy atom. The lowest BCUT2D eigenvalue weighted by atomic mass is 10.0. The van der Waals surface area contributed by atoms with Gasteiger partial charge in [0.1, 0.15) is 10.7 Å². The van der Waals surface area contributed by atoms with Gasteiger partial charge in [-0.15, -0.1) is 0 Å². The summed E-state index contributed by atoms with van der Waals surface area (Å²) in [6.45, 7) is 2.42. The van der Waals surface area contributed by atoms with Gasteiger partial charge in [-0.25, -0.2) is 0 Å². The zero-order chi connectivity index (χ0) is 18.4. The van der Waals surface area contributed by atoms with E-state index in [0.29, 0.717) is 6.42 Å². The lowest BCUT2D eigenvalue weighted by Crippen LogP contribution is -2.38. The van der Waals surface area contributed by atoms with Crippen LogP contribution in [0.5, 0.6) is 0 Å². The van der Waals surface area contributed by atoms with E-state index in [4.69, 9.17) is 0 Å². The smallest absolute Gasteiger partial charge is 0.242 e. The Balaban J connectivity index is 1.69. The van der Waals surface area contributed by atoms with Crippen LogP contribution in [0, 0.1) is 0 Å². The maximum absolute atomic E-state index is 11.7. The van der Waals surface area contributed by atoms with E-state index in [1.165, 1.54) is 43.0 Å². The normalized spacial score (nSPS) is 11.7. The number of carbonyl (C=O) groups is 1. The molecule has 27 heavy (non-hydrogen) atoms. The van der Waals surface area contributed by atoms with Crippen molar-refractivity contribution in [3.05, 3.63) is 77.3 Å². The number of hydrogen-bond acceptors (Lipinski definition) is 2. The van der Waals surface area contributed by atoms with Gasteiger partial charge in [-0.2, -0.15) is 4.57 Å². The molecule has 4 aromatic rings. The van der Waals surface area contributed by atoms with Crippen molar-refractivity contribution in [2.45, 2.75) is 26.3 Å². The Hall–Kier alpha value is -2.78. The summed E-state index contributed by atoms with van der Waals surface area (Å²) >= 11 is 1.88. The van der Waals surface area contributed by atoms with Crippen molar-refractivity contribution >= 4 is 27.9 Å². The summed E-state index contributed by atoms with van der Waals surface area (Å²) in [7, 11) is 0. The molecule has 0 saturated carbocycles. The summed E-state index contributed by atoms with van der Waals surface area (Å²) in [6.07, 6.45) is 1.47. The van der Waals surface area contributed by atoms with E-state index >= 15 is 0 Å². The zero-order valence-corrected chi connectivity index (χ0v) is 16.1. The average molecular weight is 370 g/mol. The summed E-state index contributed by atoms with van der Waals surface area (Å²) < 4.78 is 2.39. The van der Waals surface area contributed by atoms with Gasteiger partial charge in [0.2, 0.25) is 10.7 Å². The van der Waals surface area contributed by atoms with Crippen molar-refractivity contribution in [3.63, 3.8) is 0 Å². The first-order chi connectivity index (χ1) is 13.2. The fourth-order valence-electron chi connectivity index (χ4n) is 4.05. The van der Waals surface area contributed by atoms with Crippen molar-refractivity contribution in [2.75, 3.05) is 0 Å². The number of aromatic nitrogens is 1. The van der Waals surface area contributed by atoms with Gasteiger partial charge in [0.05, 0.1) is 18.4 Å². The van der Waals surface area contributed by atoms with Crippen LogP contribution in [0.4, 0.5) is 0 Å².